The van der Waals surface area contributed by atoms with Crippen molar-refractivity contribution >= 4 is 23.6 Å². The summed E-state index contributed by atoms with van der Waals surface area (Å²) in [6.45, 7) is 0.461. The zero-order valence-electron chi connectivity index (χ0n) is 11.9. The molecule has 1 aromatic rings. The van der Waals surface area contributed by atoms with Crippen LogP contribution in [0.3, 0.4) is 0 Å². The second kappa shape index (κ2) is 9.03. The van der Waals surface area contributed by atoms with Crippen LogP contribution in [0, 0.1) is 11.3 Å². The minimum Gasteiger partial charge on any atom is -0.481 e. The minimum absolute atomic E-state index is 0.000895. The average molecular weight is 306 g/mol. The fourth-order valence-electron chi connectivity index (χ4n) is 1.63. The van der Waals surface area contributed by atoms with Gasteiger partial charge in [-0.2, -0.15) is 5.26 Å². The fourth-order valence-corrected chi connectivity index (χ4v) is 2.56. The first-order valence-electron chi connectivity index (χ1n) is 6.55. The highest BCUT2D eigenvalue weighted by Gasteiger charge is 2.09. The maximum Gasteiger partial charge on any atom is 0.303 e. The standard InChI is InChI=1S/C15H18N2O3S/c1-17(8-2-3-15(19)20)14(18)11-21-10-13-6-4-12(9-16)5-7-13/h4-7H,2-3,8,10-11H2,1H3,(H,19,20). The number of thioether (sulfide) groups is 1. The molecule has 0 aliphatic heterocycles. The van der Waals surface area contributed by atoms with Crippen LogP contribution in [0.5, 0.6) is 0 Å². The number of nitriles is 1. The van der Waals surface area contributed by atoms with E-state index in [4.69, 9.17) is 10.4 Å². The predicted molar refractivity (Wildman–Crippen MR) is 81.8 cm³/mol. The molecule has 0 saturated carbocycles. The van der Waals surface area contributed by atoms with Crippen LogP contribution in [0.25, 0.3) is 0 Å². The number of aliphatic carboxylic acids is 1. The summed E-state index contributed by atoms with van der Waals surface area (Å²) < 4.78 is 0. The zero-order chi connectivity index (χ0) is 15.7. The Bertz CT molecular complexity index is 523. The van der Waals surface area contributed by atoms with Gasteiger partial charge in [0.1, 0.15) is 0 Å². The molecular formula is C15H18N2O3S. The Hall–Kier alpha value is -2.00. The van der Waals surface area contributed by atoms with Crippen LogP contribution in [0.15, 0.2) is 24.3 Å². The lowest BCUT2D eigenvalue weighted by atomic mass is 10.2. The molecule has 0 spiro atoms. The Labute approximate surface area is 128 Å². The number of hydrogen-bond donors (Lipinski definition) is 1. The molecule has 112 valence electrons. The van der Waals surface area contributed by atoms with Crippen molar-refractivity contribution in [2.45, 2.75) is 18.6 Å². The van der Waals surface area contributed by atoms with Crippen LogP contribution in [0.2, 0.25) is 0 Å². The van der Waals surface area contributed by atoms with Crippen molar-refractivity contribution in [2.75, 3.05) is 19.3 Å². The Morgan fingerprint density at radius 3 is 2.57 bits per heavy atom. The monoisotopic (exact) mass is 306 g/mol. The van der Waals surface area contributed by atoms with Gasteiger partial charge in [-0.3, -0.25) is 9.59 Å². The zero-order valence-corrected chi connectivity index (χ0v) is 12.7. The Morgan fingerprint density at radius 2 is 2.00 bits per heavy atom. The maximum atomic E-state index is 11.8. The number of benzene rings is 1. The molecule has 0 saturated heterocycles. The highest BCUT2D eigenvalue weighted by atomic mass is 32.2. The summed E-state index contributed by atoms with van der Waals surface area (Å²) in [5, 5.41) is 17.2. The van der Waals surface area contributed by atoms with Gasteiger partial charge < -0.3 is 10.0 Å². The highest BCUT2D eigenvalue weighted by Crippen LogP contribution is 2.13. The van der Waals surface area contributed by atoms with E-state index in [9.17, 15) is 9.59 Å². The number of carbonyl (C=O) groups excluding carboxylic acids is 1. The van der Waals surface area contributed by atoms with Crippen molar-refractivity contribution in [1.29, 1.82) is 5.26 Å². The second-order valence-electron chi connectivity index (χ2n) is 4.61. The molecule has 21 heavy (non-hydrogen) atoms. The molecule has 0 atom stereocenters. The van der Waals surface area contributed by atoms with E-state index in [-0.39, 0.29) is 12.3 Å². The third kappa shape index (κ3) is 6.82. The van der Waals surface area contributed by atoms with E-state index in [0.717, 1.165) is 5.56 Å². The number of nitrogens with zero attached hydrogens (tertiary/aromatic N) is 2. The van der Waals surface area contributed by atoms with Crippen molar-refractivity contribution < 1.29 is 14.7 Å². The highest BCUT2D eigenvalue weighted by molar-refractivity contribution is 7.99. The molecule has 0 heterocycles. The SMILES string of the molecule is CN(CCCC(=O)O)C(=O)CSCc1ccc(C#N)cc1. The van der Waals surface area contributed by atoms with E-state index in [1.54, 1.807) is 24.1 Å². The molecule has 1 aromatic carbocycles. The van der Waals surface area contributed by atoms with E-state index in [1.807, 2.05) is 12.1 Å². The molecular weight excluding hydrogens is 288 g/mol. The van der Waals surface area contributed by atoms with Crippen LogP contribution in [-0.4, -0.2) is 41.2 Å². The van der Waals surface area contributed by atoms with Gasteiger partial charge in [-0.25, -0.2) is 0 Å². The van der Waals surface area contributed by atoms with Gasteiger partial charge in [0.2, 0.25) is 5.91 Å². The van der Waals surface area contributed by atoms with Crippen molar-refractivity contribution in [3.63, 3.8) is 0 Å². The van der Waals surface area contributed by atoms with Crippen molar-refractivity contribution in [2.24, 2.45) is 0 Å². The van der Waals surface area contributed by atoms with Gasteiger partial charge in [0.05, 0.1) is 17.4 Å². The Morgan fingerprint density at radius 1 is 1.33 bits per heavy atom. The second-order valence-corrected chi connectivity index (χ2v) is 5.60. The lowest BCUT2D eigenvalue weighted by Crippen LogP contribution is -2.29. The predicted octanol–water partition coefficient (Wildman–Crippen LogP) is 2.11. The maximum absolute atomic E-state index is 11.8. The number of amides is 1. The summed E-state index contributed by atoms with van der Waals surface area (Å²) in [6, 6.07) is 9.34. The molecule has 6 heteroatoms. The van der Waals surface area contributed by atoms with E-state index < -0.39 is 5.97 Å². The largest absolute Gasteiger partial charge is 0.481 e. The van der Waals surface area contributed by atoms with Crippen molar-refractivity contribution in [3.8, 4) is 6.07 Å². The molecule has 1 amide bonds. The number of carboxylic acid groups (broad SMARTS) is 1. The number of hydrogen-bond acceptors (Lipinski definition) is 4. The number of carbonyl (C=O) groups is 2. The van der Waals surface area contributed by atoms with Crippen LogP contribution < -0.4 is 0 Å². The number of carboxylic acids is 1. The van der Waals surface area contributed by atoms with Crippen molar-refractivity contribution in [1.82, 2.24) is 4.90 Å². The van der Waals surface area contributed by atoms with Crippen LogP contribution in [0.1, 0.15) is 24.0 Å². The third-order valence-electron chi connectivity index (χ3n) is 2.89. The van der Waals surface area contributed by atoms with Gasteiger partial charge in [-0.1, -0.05) is 12.1 Å². The molecule has 0 aliphatic rings. The minimum atomic E-state index is -0.842. The van der Waals surface area contributed by atoms with E-state index in [2.05, 4.69) is 6.07 Å². The Kier molecular flexibility index (Phi) is 7.33. The summed E-state index contributed by atoms with van der Waals surface area (Å²) in [4.78, 5) is 23.8. The van der Waals surface area contributed by atoms with Gasteiger partial charge >= 0.3 is 5.97 Å². The molecule has 5 nitrogen and oxygen atoms in total. The van der Waals surface area contributed by atoms with Crippen LogP contribution in [-0.2, 0) is 15.3 Å². The molecule has 0 radical (unpaired) electrons. The molecule has 0 aromatic heterocycles. The summed E-state index contributed by atoms with van der Waals surface area (Å²) in [6.07, 6.45) is 0.549. The Balaban J connectivity index is 2.25. The van der Waals surface area contributed by atoms with Crippen LogP contribution in [0.4, 0.5) is 0 Å². The lowest BCUT2D eigenvalue weighted by molar-refractivity contribution is -0.137. The molecule has 0 bridgehead atoms. The van der Waals surface area contributed by atoms with E-state index in [0.29, 0.717) is 30.0 Å². The molecule has 1 rings (SSSR count). The van der Waals surface area contributed by atoms with Crippen LogP contribution >= 0.6 is 11.8 Å². The molecule has 1 N–H and O–H groups in total. The lowest BCUT2D eigenvalue weighted by Gasteiger charge is -2.16. The smallest absolute Gasteiger partial charge is 0.303 e. The van der Waals surface area contributed by atoms with E-state index in [1.165, 1.54) is 11.8 Å². The molecule has 0 fully saturated rings. The van der Waals surface area contributed by atoms with Gasteiger partial charge in [0.15, 0.2) is 0 Å². The first kappa shape index (κ1) is 17.1. The van der Waals surface area contributed by atoms with Gasteiger partial charge in [-0.05, 0) is 24.1 Å². The summed E-state index contributed by atoms with van der Waals surface area (Å²) in [5.41, 5.74) is 1.69. The molecule has 0 unspecified atom stereocenters. The van der Waals surface area contributed by atoms with E-state index >= 15 is 0 Å². The number of rotatable bonds is 8. The van der Waals surface area contributed by atoms with Crippen molar-refractivity contribution in [3.05, 3.63) is 35.4 Å². The van der Waals surface area contributed by atoms with Gasteiger partial charge in [0.25, 0.3) is 0 Å². The summed E-state index contributed by atoms with van der Waals surface area (Å²) in [7, 11) is 1.69. The quantitative estimate of drug-likeness (QED) is 0.795. The fraction of sp³-hybridized carbons (Fsp3) is 0.400. The van der Waals surface area contributed by atoms with Gasteiger partial charge in [0, 0.05) is 25.8 Å². The third-order valence-corrected chi connectivity index (χ3v) is 3.88. The van der Waals surface area contributed by atoms with Gasteiger partial charge in [-0.15, -0.1) is 11.8 Å². The average Bonchev–Trinajstić information content (AvgIpc) is 2.47. The summed E-state index contributed by atoms with van der Waals surface area (Å²) in [5.74, 6) is 0.231. The first-order valence-corrected chi connectivity index (χ1v) is 7.71. The topological polar surface area (TPSA) is 81.4 Å². The summed E-state index contributed by atoms with van der Waals surface area (Å²) >= 11 is 1.51. The normalized spacial score (nSPS) is 9.90. The molecule has 0 aliphatic carbocycles. The first-order chi connectivity index (χ1) is 10.0.